The number of ether oxygens (including phenoxy) is 1. The Hall–Kier alpha value is -3.06. The lowest BCUT2D eigenvalue weighted by Gasteiger charge is -2.13. The van der Waals surface area contributed by atoms with Crippen LogP contribution < -0.4 is 15.4 Å². The van der Waals surface area contributed by atoms with E-state index in [1.165, 1.54) is 13.4 Å². The van der Waals surface area contributed by atoms with Crippen LogP contribution in [0.5, 0.6) is 5.75 Å². The lowest BCUT2D eigenvalue weighted by molar-refractivity contribution is 0.0994. The summed E-state index contributed by atoms with van der Waals surface area (Å²) in [5.41, 5.74) is 2.47. The van der Waals surface area contributed by atoms with E-state index < -0.39 is 0 Å². The van der Waals surface area contributed by atoms with E-state index in [1.54, 1.807) is 42.5 Å². The molecule has 27 heavy (non-hydrogen) atoms. The smallest absolute Gasteiger partial charge is 0.291 e. The summed E-state index contributed by atoms with van der Waals surface area (Å²) in [5.74, 6) is 0.122. The SMILES string of the molecule is COc1c(C)cc(Br)cc1C(=O)Nc1ccc(NC(=O)c2ccco2)cc1. The van der Waals surface area contributed by atoms with Crippen molar-refractivity contribution in [2.45, 2.75) is 6.92 Å². The number of carbonyl (C=O) groups is 2. The van der Waals surface area contributed by atoms with E-state index in [2.05, 4.69) is 26.6 Å². The van der Waals surface area contributed by atoms with E-state index in [1.807, 2.05) is 13.0 Å². The van der Waals surface area contributed by atoms with E-state index in [4.69, 9.17) is 9.15 Å². The van der Waals surface area contributed by atoms with Gasteiger partial charge in [-0.15, -0.1) is 0 Å². The fourth-order valence-corrected chi connectivity index (χ4v) is 3.18. The number of furan rings is 1. The second kappa shape index (κ2) is 8.09. The van der Waals surface area contributed by atoms with Gasteiger partial charge in [0.15, 0.2) is 5.76 Å². The van der Waals surface area contributed by atoms with Crippen LogP contribution in [0.4, 0.5) is 11.4 Å². The highest BCUT2D eigenvalue weighted by molar-refractivity contribution is 9.10. The molecule has 3 aromatic rings. The maximum Gasteiger partial charge on any atom is 0.291 e. The molecule has 7 heteroatoms. The van der Waals surface area contributed by atoms with Gasteiger partial charge < -0.3 is 19.8 Å². The Morgan fingerprint density at radius 1 is 1.00 bits per heavy atom. The fourth-order valence-electron chi connectivity index (χ4n) is 2.61. The molecule has 0 atom stereocenters. The summed E-state index contributed by atoms with van der Waals surface area (Å²) in [6.45, 7) is 1.87. The molecule has 0 saturated heterocycles. The molecular formula is C20H17BrN2O4. The third-order valence-electron chi connectivity index (χ3n) is 3.83. The molecule has 2 amide bonds. The molecule has 0 radical (unpaired) electrons. The minimum atomic E-state index is -0.342. The molecule has 0 bridgehead atoms. The number of hydrogen-bond acceptors (Lipinski definition) is 4. The van der Waals surface area contributed by atoms with Crippen LogP contribution in [-0.2, 0) is 0 Å². The minimum absolute atomic E-state index is 0.226. The van der Waals surface area contributed by atoms with Gasteiger partial charge in [-0.2, -0.15) is 0 Å². The first-order chi connectivity index (χ1) is 13.0. The Bertz CT molecular complexity index is 966. The molecule has 1 aromatic heterocycles. The largest absolute Gasteiger partial charge is 0.496 e. The average Bonchev–Trinajstić information content (AvgIpc) is 3.17. The normalized spacial score (nSPS) is 10.3. The first-order valence-corrected chi connectivity index (χ1v) is 8.87. The van der Waals surface area contributed by atoms with E-state index in [-0.39, 0.29) is 17.6 Å². The van der Waals surface area contributed by atoms with Gasteiger partial charge >= 0.3 is 0 Å². The second-order valence-corrected chi connectivity index (χ2v) is 6.68. The molecule has 0 fully saturated rings. The van der Waals surface area contributed by atoms with Crippen molar-refractivity contribution in [3.05, 3.63) is 76.2 Å². The van der Waals surface area contributed by atoms with Gasteiger partial charge in [-0.05, 0) is 61.0 Å². The van der Waals surface area contributed by atoms with Crippen LogP contribution in [0, 0.1) is 6.92 Å². The summed E-state index contributed by atoms with van der Waals surface area (Å²) < 4.78 is 11.2. The summed E-state index contributed by atoms with van der Waals surface area (Å²) >= 11 is 3.40. The molecule has 0 unspecified atom stereocenters. The fraction of sp³-hybridized carbons (Fsp3) is 0.100. The van der Waals surface area contributed by atoms with Crippen LogP contribution in [0.15, 0.2) is 63.7 Å². The van der Waals surface area contributed by atoms with E-state index in [0.717, 1.165) is 10.0 Å². The van der Waals surface area contributed by atoms with Gasteiger partial charge in [-0.25, -0.2) is 0 Å². The number of anilines is 2. The highest BCUT2D eigenvalue weighted by atomic mass is 79.9. The molecule has 2 N–H and O–H groups in total. The first-order valence-electron chi connectivity index (χ1n) is 8.08. The molecule has 0 aliphatic rings. The molecule has 0 aliphatic heterocycles. The maximum atomic E-state index is 12.6. The van der Waals surface area contributed by atoms with Crippen LogP contribution in [0.1, 0.15) is 26.5 Å². The van der Waals surface area contributed by atoms with Gasteiger partial charge in [0.05, 0.1) is 18.9 Å². The molecule has 0 saturated carbocycles. The van der Waals surface area contributed by atoms with Crippen LogP contribution in [-0.4, -0.2) is 18.9 Å². The first kappa shape index (κ1) is 18.7. The Kier molecular flexibility index (Phi) is 5.61. The summed E-state index contributed by atoms with van der Waals surface area (Å²) in [6, 6.07) is 13.6. The number of halogens is 1. The number of hydrogen-bond donors (Lipinski definition) is 2. The van der Waals surface area contributed by atoms with Crippen molar-refractivity contribution in [1.29, 1.82) is 0 Å². The molecule has 0 spiro atoms. The predicted molar refractivity (Wildman–Crippen MR) is 106 cm³/mol. The number of nitrogens with one attached hydrogen (secondary N) is 2. The van der Waals surface area contributed by atoms with Crippen LogP contribution >= 0.6 is 15.9 Å². The monoisotopic (exact) mass is 428 g/mol. The lowest BCUT2D eigenvalue weighted by atomic mass is 10.1. The van der Waals surface area contributed by atoms with E-state index in [0.29, 0.717) is 22.7 Å². The molecule has 6 nitrogen and oxygen atoms in total. The Balaban J connectivity index is 1.71. The summed E-state index contributed by atoms with van der Waals surface area (Å²) in [7, 11) is 1.53. The van der Waals surface area contributed by atoms with Crippen molar-refractivity contribution >= 4 is 39.1 Å². The van der Waals surface area contributed by atoms with Crippen molar-refractivity contribution in [2.24, 2.45) is 0 Å². The zero-order chi connectivity index (χ0) is 19.4. The maximum absolute atomic E-state index is 12.6. The number of rotatable bonds is 5. The molecule has 3 rings (SSSR count). The number of benzene rings is 2. The minimum Gasteiger partial charge on any atom is -0.496 e. The highest BCUT2D eigenvalue weighted by Gasteiger charge is 2.16. The number of carbonyl (C=O) groups excluding carboxylic acids is 2. The summed E-state index contributed by atoms with van der Waals surface area (Å²) in [5, 5.41) is 5.54. The highest BCUT2D eigenvalue weighted by Crippen LogP contribution is 2.28. The van der Waals surface area contributed by atoms with Gasteiger partial charge in [-0.3, -0.25) is 9.59 Å². The molecule has 0 aliphatic carbocycles. The molecule has 138 valence electrons. The van der Waals surface area contributed by atoms with Crippen molar-refractivity contribution in [3.8, 4) is 5.75 Å². The number of methoxy groups -OCH3 is 1. The predicted octanol–water partition coefficient (Wildman–Crippen LogP) is 4.86. The van der Waals surface area contributed by atoms with Gasteiger partial charge in [0, 0.05) is 15.8 Å². The van der Waals surface area contributed by atoms with Crippen LogP contribution in [0.3, 0.4) is 0 Å². The van der Waals surface area contributed by atoms with Crippen LogP contribution in [0.2, 0.25) is 0 Å². The second-order valence-electron chi connectivity index (χ2n) is 5.77. The van der Waals surface area contributed by atoms with Crippen molar-refractivity contribution in [1.82, 2.24) is 0 Å². The third kappa shape index (κ3) is 4.38. The van der Waals surface area contributed by atoms with Crippen LogP contribution in [0.25, 0.3) is 0 Å². The van der Waals surface area contributed by atoms with Crippen molar-refractivity contribution < 1.29 is 18.7 Å². The Morgan fingerprint density at radius 2 is 1.63 bits per heavy atom. The Morgan fingerprint density at radius 3 is 2.19 bits per heavy atom. The van der Waals surface area contributed by atoms with Gasteiger partial charge in [0.2, 0.25) is 0 Å². The number of aryl methyl sites for hydroxylation is 1. The Labute approximate surface area is 164 Å². The van der Waals surface area contributed by atoms with E-state index in [9.17, 15) is 9.59 Å². The van der Waals surface area contributed by atoms with Crippen molar-refractivity contribution in [2.75, 3.05) is 17.7 Å². The zero-order valence-corrected chi connectivity index (χ0v) is 16.3. The van der Waals surface area contributed by atoms with Gasteiger partial charge in [0.25, 0.3) is 11.8 Å². The molecular weight excluding hydrogens is 412 g/mol. The zero-order valence-electron chi connectivity index (χ0n) is 14.7. The average molecular weight is 429 g/mol. The summed E-state index contributed by atoms with van der Waals surface area (Å²) in [6.07, 6.45) is 1.44. The third-order valence-corrected chi connectivity index (χ3v) is 4.29. The number of amides is 2. The van der Waals surface area contributed by atoms with Crippen molar-refractivity contribution in [3.63, 3.8) is 0 Å². The van der Waals surface area contributed by atoms with Gasteiger partial charge in [0.1, 0.15) is 5.75 Å². The molecule has 2 aromatic carbocycles. The van der Waals surface area contributed by atoms with Gasteiger partial charge in [-0.1, -0.05) is 15.9 Å². The standard InChI is InChI=1S/C20H17BrN2O4/c1-12-10-13(21)11-16(18(12)26-2)19(24)22-14-5-7-15(8-6-14)23-20(25)17-4-3-9-27-17/h3-11H,1-2H3,(H,22,24)(H,23,25). The summed E-state index contributed by atoms with van der Waals surface area (Å²) in [4.78, 5) is 24.6. The quantitative estimate of drug-likeness (QED) is 0.607. The topological polar surface area (TPSA) is 80.6 Å². The molecule has 1 heterocycles. The van der Waals surface area contributed by atoms with E-state index >= 15 is 0 Å². The lowest BCUT2D eigenvalue weighted by Crippen LogP contribution is -2.14.